The number of ether oxygens (including phenoxy) is 1. The summed E-state index contributed by atoms with van der Waals surface area (Å²) in [7, 11) is -3.49. The minimum Gasteiger partial charge on any atom is -0.376 e. The molecule has 1 unspecified atom stereocenters. The van der Waals surface area contributed by atoms with Gasteiger partial charge in [-0.3, -0.25) is 0 Å². The molecule has 1 atom stereocenters. The fourth-order valence-corrected chi connectivity index (χ4v) is 5.82. The number of hydrogen-bond donors (Lipinski definition) is 0. The number of piperidine rings is 1. The average Bonchev–Trinajstić information content (AvgIpc) is 3.36. The van der Waals surface area contributed by atoms with Crippen molar-refractivity contribution in [2.45, 2.75) is 69.8 Å². The second-order valence-corrected chi connectivity index (χ2v) is 10.7. The molecule has 0 radical (unpaired) electrons. The first-order valence-electron chi connectivity index (χ1n) is 11.0. The largest absolute Gasteiger partial charge is 0.376 e. The lowest BCUT2D eigenvalue weighted by molar-refractivity contribution is 0.0199. The summed E-state index contributed by atoms with van der Waals surface area (Å²) < 4.78 is 39.1. The van der Waals surface area contributed by atoms with E-state index in [4.69, 9.17) is 9.26 Å². The molecular weight excluding hydrogens is 402 g/mol. The number of sulfonamides is 1. The van der Waals surface area contributed by atoms with Crippen LogP contribution in [0.4, 0.5) is 0 Å². The molecule has 1 fully saturated rings. The normalized spacial score (nSPS) is 20.0. The molecule has 2 aliphatic rings. The third-order valence-corrected chi connectivity index (χ3v) is 7.68. The maximum absolute atomic E-state index is 13.2. The molecule has 164 valence electrons. The second kappa shape index (κ2) is 9.16. The lowest BCUT2D eigenvalue weighted by Gasteiger charge is -2.32. The van der Waals surface area contributed by atoms with Gasteiger partial charge >= 0.3 is 0 Å². The molecular formula is C22H31N3O4S. The lowest BCUT2D eigenvalue weighted by Crippen LogP contribution is -2.43. The highest BCUT2D eigenvalue weighted by molar-refractivity contribution is 7.89. The highest BCUT2D eigenvalue weighted by atomic mass is 32.2. The predicted octanol–water partition coefficient (Wildman–Crippen LogP) is 3.17. The molecule has 1 aromatic heterocycles. The SMILES string of the molecule is CC(C)Cc1nc(CCOC2CCCN(S(=O)(=O)c3ccc4c(c3)CCC4)C2)no1. The number of nitrogens with zero attached hydrogens (tertiary/aromatic N) is 3. The average molecular weight is 434 g/mol. The zero-order valence-electron chi connectivity index (χ0n) is 17.8. The molecule has 4 rings (SSSR count). The van der Waals surface area contributed by atoms with Gasteiger partial charge in [0.25, 0.3) is 0 Å². The first-order chi connectivity index (χ1) is 14.4. The van der Waals surface area contributed by atoms with Gasteiger partial charge in [-0.2, -0.15) is 9.29 Å². The van der Waals surface area contributed by atoms with E-state index in [1.165, 1.54) is 11.1 Å². The smallest absolute Gasteiger partial charge is 0.243 e. The predicted molar refractivity (Wildman–Crippen MR) is 113 cm³/mol. The molecule has 1 aliphatic heterocycles. The first-order valence-corrected chi connectivity index (χ1v) is 12.4. The zero-order valence-corrected chi connectivity index (χ0v) is 18.7. The van der Waals surface area contributed by atoms with E-state index in [1.54, 1.807) is 10.4 Å². The molecule has 0 spiro atoms. The third-order valence-electron chi connectivity index (χ3n) is 5.82. The van der Waals surface area contributed by atoms with Crippen LogP contribution < -0.4 is 0 Å². The standard InChI is InChI=1S/C22H31N3O4S/c1-16(2)13-22-23-21(24-29-22)10-12-28-19-7-4-11-25(15-19)30(26,27)20-9-8-17-5-3-6-18(17)14-20/h8-9,14,16,19H,3-7,10-13,15H2,1-2H3. The lowest BCUT2D eigenvalue weighted by atomic mass is 10.1. The summed E-state index contributed by atoms with van der Waals surface area (Å²) in [4.78, 5) is 4.80. The molecule has 8 heteroatoms. The summed E-state index contributed by atoms with van der Waals surface area (Å²) in [6, 6.07) is 5.60. The molecule has 2 aromatic rings. The number of aromatic nitrogens is 2. The third kappa shape index (κ3) is 4.92. The zero-order chi connectivity index (χ0) is 21.1. The maximum Gasteiger partial charge on any atom is 0.243 e. The van der Waals surface area contributed by atoms with Gasteiger partial charge in [0.2, 0.25) is 15.9 Å². The van der Waals surface area contributed by atoms with Crippen LogP contribution >= 0.6 is 0 Å². The van der Waals surface area contributed by atoms with E-state index >= 15 is 0 Å². The van der Waals surface area contributed by atoms with Crippen LogP contribution in [0.5, 0.6) is 0 Å². The van der Waals surface area contributed by atoms with Crippen molar-refractivity contribution in [3.63, 3.8) is 0 Å². The molecule has 1 aromatic carbocycles. The van der Waals surface area contributed by atoms with E-state index in [2.05, 4.69) is 24.0 Å². The number of hydrogen-bond acceptors (Lipinski definition) is 6. The van der Waals surface area contributed by atoms with Crippen LogP contribution in [0.25, 0.3) is 0 Å². The summed E-state index contributed by atoms with van der Waals surface area (Å²) in [5.74, 6) is 1.77. The van der Waals surface area contributed by atoms with Crippen molar-refractivity contribution in [3.05, 3.63) is 41.0 Å². The van der Waals surface area contributed by atoms with Crippen LogP contribution in [0.2, 0.25) is 0 Å². The number of aryl methyl sites for hydroxylation is 2. The van der Waals surface area contributed by atoms with Crippen LogP contribution in [0.3, 0.4) is 0 Å². The van der Waals surface area contributed by atoms with Crippen LogP contribution in [-0.2, 0) is 40.4 Å². The van der Waals surface area contributed by atoms with E-state index in [0.29, 0.717) is 48.6 Å². The monoisotopic (exact) mass is 433 g/mol. The van der Waals surface area contributed by atoms with Crippen LogP contribution in [0.15, 0.2) is 27.6 Å². The highest BCUT2D eigenvalue weighted by Gasteiger charge is 2.31. The second-order valence-electron chi connectivity index (χ2n) is 8.73. The Morgan fingerprint density at radius 3 is 2.90 bits per heavy atom. The summed E-state index contributed by atoms with van der Waals surface area (Å²) in [6.07, 6.45) is 6.02. The van der Waals surface area contributed by atoms with Gasteiger partial charge in [-0.05, 0) is 61.3 Å². The molecule has 1 saturated heterocycles. The first kappa shape index (κ1) is 21.5. The fourth-order valence-electron chi connectivity index (χ4n) is 4.26. The molecule has 0 saturated carbocycles. The van der Waals surface area contributed by atoms with Gasteiger partial charge in [-0.1, -0.05) is 25.1 Å². The Balaban J connectivity index is 1.32. The molecule has 0 bridgehead atoms. The van der Waals surface area contributed by atoms with E-state index in [9.17, 15) is 8.42 Å². The number of fused-ring (bicyclic) bond motifs is 1. The topological polar surface area (TPSA) is 85.5 Å². The maximum atomic E-state index is 13.2. The Morgan fingerprint density at radius 1 is 1.23 bits per heavy atom. The molecule has 2 heterocycles. The van der Waals surface area contributed by atoms with Crippen LogP contribution in [0.1, 0.15) is 56.0 Å². The highest BCUT2D eigenvalue weighted by Crippen LogP contribution is 2.28. The Morgan fingerprint density at radius 2 is 2.07 bits per heavy atom. The summed E-state index contributed by atoms with van der Waals surface area (Å²) in [6.45, 7) is 5.61. The Labute approximate surface area is 178 Å². The Hall–Kier alpha value is -1.77. The molecule has 1 aliphatic carbocycles. The quantitative estimate of drug-likeness (QED) is 0.636. The van der Waals surface area contributed by atoms with E-state index in [-0.39, 0.29) is 6.10 Å². The molecule has 30 heavy (non-hydrogen) atoms. The van der Waals surface area contributed by atoms with Crippen molar-refractivity contribution < 1.29 is 17.7 Å². The molecule has 0 N–H and O–H groups in total. The van der Waals surface area contributed by atoms with E-state index < -0.39 is 10.0 Å². The summed E-state index contributed by atoms with van der Waals surface area (Å²) in [5, 5.41) is 4.00. The summed E-state index contributed by atoms with van der Waals surface area (Å²) >= 11 is 0. The van der Waals surface area contributed by atoms with Gasteiger partial charge in [-0.25, -0.2) is 8.42 Å². The van der Waals surface area contributed by atoms with Gasteiger partial charge in [0.15, 0.2) is 5.82 Å². The number of rotatable bonds is 8. The fraction of sp³-hybridized carbons (Fsp3) is 0.636. The Kier molecular flexibility index (Phi) is 6.55. The minimum atomic E-state index is -3.49. The van der Waals surface area contributed by atoms with Crippen molar-refractivity contribution >= 4 is 10.0 Å². The van der Waals surface area contributed by atoms with Crippen molar-refractivity contribution in [2.24, 2.45) is 5.92 Å². The minimum absolute atomic E-state index is 0.106. The van der Waals surface area contributed by atoms with E-state index in [1.807, 2.05) is 12.1 Å². The van der Waals surface area contributed by atoms with Crippen molar-refractivity contribution in [3.8, 4) is 0 Å². The van der Waals surface area contributed by atoms with E-state index in [0.717, 1.165) is 38.5 Å². The van der Waals surface area contributed by atoms with Gasteiger partial charge < -0.3 is 9.26 Å². The van der Waals surface area contributed by atoms with Gasteiger partial charge in [0, 0.05) is 25.9 Å². The molecule has 7 nitrogen and oxygen atoms in total. The van der Waals surface area contributed by atoms with Crippen molar-refractivity contribution in [1.82, 2.24) is 14.4 Å². The van der Waals surface area contributed by atoms with Gasteiger partial charge in [0.05, 0.1) is 17.6 Å². The summed E-state index contributed by atoms with van der Waals surface area (Å²) in [5.41, 5.74) is 2.46. The Bertz CT molecular complexity index is 971. The van der Waals surface area contributed by atoms with Crippen LogP contribution in [-0.4, -0.2) is 48.7 Å². The van der Waals surface area contributed by atoms with Gasteiger partial charge in [-0.15, -0.1) is 0 Å². The van der Waals surface area contributed by atoms with Crippen molar-refractivity contribution in [1.29, 1.82) is 0 Å². The van der Waals surface area contributed by atoms with Gasteiger partial charge in [0.1, 0.15) is 0 Å². The molecule has 0 amide bonds. The van der Waals surface area contributed by atoms with Crippen LogP contribution in [0, 0.1) is 5.92 Å². The number of benzene rings is 1. The van der Waals surface area contributed by atoms with Crippen molar-refractivity contribution in [2.75, 3.05) is 19.7 Å².